The average Bonchev–Trinajstić information content (AvgIpc) is 2.77. The van der Waals surface area contributed by atoms with Gasteiger partial charge in [-0.25, -0.2) is 0 Å². The number of hydrogen-bond donors (Lipinski definition) is 0. The quantitative estimate of drug-likeness (QED) is 0.400. The standard InChI is InChI=1S/C25H25NO3/c1-26(16-17-9-11-19(27-2)12-10-17)23-13-18-7-5-6-8-20(18)21-14-24(28-3)25(29-4)15-22(21)23/h5-15H,16H2,1-4H3. The SMILES string of the molecule is COc1ccc(CN(C)c2cc3ccccc3c3cc(OC)c(OC)cc23)cc1. The van der Waals surface area contributed by atoms with Crippen LogP contribution in [0.15, 0.2) is 66.7 Å². The summed E-state index contributed by atoms with van der Waals surface area (Å²) < 4.78 is 16.4. The number of anilines is 1. The Labute approximate surface area is 171 Å². The predicted octanol–water partition coefficient (Wildman–Crippen LogP) is 5.66. The Morgan fingerprint density at radius 1 is 0.690 bits per heavy atom. The molecule has 0 radical (unpaired) electrons. The Kier molecular flexibility index (Phi) is 5.17. The van der Waals surface area contributed by atoms with Gasteiger partial charge in [0.1, 0.15) is 5.75 Å². The van der Waals surface area contributed by atoms with Gasteiger partial charge in [-0.3, -0.25) is 0 Å². The highest BCUT2D eigenvalue weighted by Crippen LogP contribution is 2.40. The van der Waals surface area contributed by atoms with Crippen LogP contribution in [-0.2, 0) is 6.54 Å². The van der Waals surface area contributed by atoms with Gasteiger partial charge >= 0.3 is 0 Å². The van der Waals surface area contributed by atoms with Crippen LogP contribution in [0.25, 0.3) is 21.5 Å². The molecule has 0 aromatic heterocycles. The Bertz CT molecular complexity index is 1150. The van der Waals surface area contributed by atoms with Gasteiger partial charge in [0.05, 0.1) is 21.3 Å². The second-order valence-corrected chi connectivity index (χ2v) is 7.07. The van der Waals surface area contributed by atoms with E-state index in [-0.39, 0.29) is 0 Å². The van der Waals surface area contributed by atoms with Crippen LogP contribution in [0.3, 0.4) is 0 Å². The fourth-order valence-electron chi connectivity index (χ4n) is 3.81. The maximum absolute atomic E-state index is 5.58. The number of nitrogens with zero attached hydrogens (tertiary/aromatic N) is 1. The minimum Gasteiger partial charge on any atom is -0.497 e. The van der Waals surface area contributed by atoms with Crippen LogP contribution in [0.2, 0.25) is 0 Å². The molecule has 148 valence electrons. The Morgan fingerprint density at radius 2 is 1.34 bits per heavy atom. The number of fused-ring (bicyclic) bond motifs is 3. The van der Waals surface area contributed by atoms with Crippen molar-refractivity contribution in [3.63, 3.8) is 0 Å². The number of hydrogen-bond acceptors (Lipinski definition) is 4. The summed E-state index contributed by atoms with van der Waals surface area (Å²) in [6.07, 6.45) is 0. The summed E-state index contributed by atoms with van der Waals surface area (Å²) >= 11 is 0. The van der Waals surface area contributed by atoms with Gasteiger partial charge in [-0.15, -0.1) is 0 Å². The highest BCUT2D eigenvalue weighted by atomic mass is 16.5. The van der Waals surface area contributed by atoms with E-state index in [1.54, 1.807) is 21.3 Å². The summed E-state index contributed by atoms with van der Waals surface area (Å²) in [4.78, 5) is 2.27. The second-order valence-electron chi connectivity index (χ2n) is 7.07. The van der Waals surface area contributed by atoms with Gasteiger partial charge in [0.2, 0.25) is 0 Å². The lowest BCUT2D eigenvalue weighted by atomic mass is 9.98. The molecular formula is C25H25NO3. The smallest absolute Gasteiger partial charge is 0.161 e. The zero-order valence-electron chi connectivity index (χ0n) is 17.2. The lowest BCUT2D eigenvalue weighted by molar-refractivity contribution is 0.356. The van der Waals surface area contributed by atoms with Crippen molar-refractivity contribution in [2.24, 2.45) is 0 Å². The van der Waals surface area contributed by atoms with E-state index in [9.17, 15) is 0 Å². The molecule has 0 bridgehead atoms. The Balaban J connectivity index is 1.86. The first kappa shape index (κ1) is 18.9. The summed E-state index contributed by atoms with van der Waals surface area (Å²) in [5.74, 6) is 2.33. The summed E-state index contributed by atoms with van der Waals surface area (Å²) in [6, 6.07) is 23.0. The fourth-order valence-corrected chi connectivity index (χ4v) is 3.81. The molecule has 0 fully saturated rings. The molecule has 0 unspecified atom stereocenters. The molecule has 0 saturated carbocycles. The van der Waals surface area contributed by atoms with Gasteiger partial charge in [0, 0.05) is 24.7 Å². The van der Waals surface area contributed by atoms with Crippen molar-refractivity contribution in [3.8, 4) is 17.2 Å². The zero-order chi connectivity index (χ0) is 20.4. The molecule has 0 N–H and O–H groups in total. The van der Waals surface area contributed by atoms with Crippen molar-refractivity contribution in [1.29, 1.82) is 0 Å². The molecule has 4 aromatic rings. The van der Waals surface area contributed by atoms with Crippen LogP contribution >= 0.6 is 0 Å². The van der Waals surface area contributed by atoms with E-state index in [2.05, 4.69) is 66.5 Å². The zero-order valence-corrected chi connectivity index (χ0v) is 17.2. The maximum atomic E-state index is 5.58. The molecule has 0 aliphatic rings. The lowest BCUT2D eigenvalue weighted by Crippen LogP contribution is -2.16. The molecule has 0 aliphatic heterocycles. The first-order valence-corrected chi connectivity index (χ1v) is 9.56. The molecule has 4 heteroatoms. The van der Waals surface area contributed by atoms with Crippen molar-refractivity contribution in [1.82, 2.24) is 0 Å². The molecule has 29 heavy (non-hydrogen) atoms. The largest absolute Gasteiger partial charge is 0.497 e. The number of methoxy groups -OCH3 is 3. The third-order valence-electron chi connectivity index (χ3n) is 5.33. The van der Waals surface area contributed by atoms with Gasteiger partial charge in [-0.2, -0.15) is 0 Å². The minimum atomic E-state index is 0.731. The highest BCUT2D eigenvalue weighted by Gasteiger charge is 2.15. The molecule has 0 spiro atoms. The monoisotopic (exact) mass is 387 g/mol. The topological polar surface area (TPSA) is 30.9 Å². The van der Waals surface area contributed by atoms with Crippen LogP contribution in [0.5, 0.6) is 17.2 Å². The van der Waals surface area contributed by atoms with Gasteiger partial charge in [0.15, 0.2) is 11.5 Å². The molecule has 0 heterocycles. The Morgan fingerprint density at radius 3 is 2.00 bits per heavy atom. The predicted molar refractivity (Wildman–Crippen MR) is 120 cm³/mol. The van der Waals surface area contributed by atoms with Crippen molar-refractivity contribution < 1.29 is 14.2 Å². The van der Waals surface area contributed by atoms with Gasteiger partial charge in [-0.1, -0.05) is 36.4 Å². The molecule has 4 aromatic carbocycles. The van der Waals surface area contributed by atoms with Crippen LogP contribution < -0.4 is 19.1 Å². The summed E-state index contributed by atoms with van der Waals surface area (Å²) in [5, 5.41) is 4.68. The average molecular weight is 387 g/mol. The van der Waals surface area contributed by atoms with Crippen LogP contribution in [0.4, 0.5) is 5.69 Å². The van der Waals surface area contributed by atoms with Crippen molar-refractivity contribution in [2.45, 2.75) is 6.54 Å². The molecule has 4 rings (SSSR count). The summed E-state index contributed by atoms with van der Waals surface area (Å²) in [6.45, 7) is 0.784. The third kappa shape index (κ3) is 3.54. The summed E-state index contributed by atoms with van der Waals surface area (Å²) in [7, 11) is 7.14. The molecular weight excluding hydrogens is 362 g/mol. The van der Waals surface area contributed by atoms with Gasteiger partial charge < -0.3 is 19.1 Å². The van der Waals surface area contributed by atoms with Crippen molar-refractivity contribution >= 4 is 27.2 Å². The fraction of sp³-hybridized carbons (Fsp3) is 0.200. The van der Waals surface area contributed by atoms with E-state index in [1.165, 1.54) is 16.3 Å². The summed E-state index contributed by atoms with van der Waals surface area (Å²) in [5.41, 5.74) is 2.37. The minimum absolute atomic E-state index is 0.731. The van der Waals surface area contributed by atoms with E-state index in [1.807, 2.05) is 12.1 Å². The second kappa shape index (κ2) is 7.92. The Hall–Kier alpha value is -3.40. The van der Waals surface area contributed by atoms with Crippen molar-refractivity contribution in [2.75, 3.05) is 33.3 Å². The number of ether oxygens (including phenoxy) is 3. The molecule has 0 aliphatic carbocycles. The van der Waals surface area contributed by atoms with E-state index in [0.29, 0.717) is 0 Å². The van der Waals surface area contributed by atoms with E-state index in [0.717, 1.165) is 40.3 Å². The lowest BCUT2D eigenvalue weighted by Gasteiger charge is -2.23. The number of rotatable bonds is 6. The van der Waals surface area contributed by atoms with E-state index >= 15 is 0 Å². The third-order valence-corrected chi connectivity index (χ3v) is 5.33. The highest BCUT2D eigenvalue weighted by molar-refractivity contribution is 6.14. The molecule has 0 atom stereocenters. The van der Waals surface area contributed by atoms with Crippen LogP contribution in [0.1, 0.15) is 5.56 Å². The van der Waals surface area contributed by atoms with Crippen LogP contribution in [0, 0.1) is 0 Å². The molecule has 0 saturated heterocycles. The van der Waals surface area contributed by atoms with Crippen LogP contribution in [-0.4, -0.2) is 28.4 Å². The van der Waals surface area contributed by atoms with Gasteiger partial charge in [-0.05, 0) is 52.1 Å². The first-order chi connectivity index (χ1) is 14.1. The molecule has 0 amide bonds. The first-order valence-electron chi connectivity index (χ1n) is 9.56. The molecule has 4 nitrogen and oxygen atoms in total. The van der Waals surface area contributed by atoms with Crippen molar-refractivity contribution in [3.05, 3.63) is 72.3 Å². The van der Waals surface area contributed by atoms with E-state index in [4.69, 9.17) is 14.2 Å². The maximum Gasteiger partial charge on any atom is 0.161 e. The van der Waals surface area contributed by atoms with Gasteiger partial charge in [0.25, 0.3) is 0 Å². The van der Waals surface area contributed by atoms with E-state index < -0.39 is 0 Å². The normalized spacial score (nSPS) is 10.9. The number of benzene rings is 4.